The number of hydrogen-bond acceptors (Lipinski definition) is 6. The highest BCUT2D eigenvalue weighted by atomic mass is 127. The minimum atomic E-state index is -0.345. The lowest BCUT2D eigenvalue weighted by Crippen LogP contribution is -2.56. The van der Waals surface area contributed by atoms with E-state index in [0.29, 0.717) is 18.5 Å². The summed E-state index contributed by atoms with van der Waals surface area (Å²) in [4.78, 5) is 20.9. The van der Waals surface area contributed by atoms with Crippen LogP contribution in [0.3, 0.4) is 0 Å². The van der Waals surface area contributed by atoms with Crippen molar-refractivity contribution in [2.45, 2.75) is 44.9 Å². The third-order valence-corrected chi connectivity index (χ3v) is 6.46. The molecule has 1 aromatic carbocycles. The Morgan fingerprint density at radius 2 is 2.06 bits per heavy atom. The Labute approximate surface area is 212 Å². The summed E-state index contributed by atoms with van der Waals surface area (Å²) in [6.07, 6.45) is 5.42. The van der Waals surface area contributed by atoms with Gasteiger partial charge in [0.05, 0.1) is 19.9 Å². The van der Waals surface area contributed by atoms with E-state index in [2.05, 4.69) is 65.5 Å². The number of esters is 1. The summed E-state index contributed by atoms with van der Waals surface area (Å²) in [5.41, 5.74) is 2.16. The number of carbonyl (C=O) groups is 1. The summed E-state index contributed by atoms with van der Waals surface area (Å²) in [6, 6.07) is 11.4. The molecule has 3 heterocycles. The monoisotopic (exact) mass is 567 g/mol. The zero-order valence-corrected chi connectivity index (χ0v) is 21.7. The lowest BCUT2D eigenvalue weighted by molar-refractivity contribution is -0.141. The summed E-state index contributed by atoms with van der Waals surface area (Å²) in [6.45, 7) is 4.80. The molecular weight excluding hydrogens is 533 g/mol. The number of hydrogen-bond donors (Lipinski definition) is 1. The minimum absolute atomic E-state index is 0. The molecule has 2 aliphatic heterocycles. The minimum Gasteiger partial charge on any atom is -0.468 e. The standard InChI is InChI=1S/C23H33N7O2.HI/c1-24-23(25-13-20-16-30(27-26-20)17-22(31)32-2)29-12-10-21-19(15-29)9-6-11-28(21)14-18-7-4-3-5-8-18;/h3-5,7-8,16,19,21H,6,9-15,17H2,1-2H3,(H,24,25);1H. The molecule has 2 aliphatic rings. The summed E-state index contributed by atoms with van der Waals surface area (Å²) in [5.74, 6) is 1.20. The number of methoxy groups -OCH3 is 1. The molecule has 2 fully saturated rings. The Kier molecular flexibility index (Phi) is 9.48. The van der Waals surface area contributed by atoms with Crippen molar-refractivity contribution >= 4 is 35.9 Å². The third-order valence-electron chi connectivity index (χ3n) is 6.46. The van der Waals surface area contributed by atoms with Crippen LogP contribution in [0.5, 0.6) is 0 Å². The van der Waals surface area contributed by atoms with Gasteiger partial charge in [-0.3, -0.25) is 14.7 Å². The van der Waals surface area contributed by atoms with Crippen LogP contribution in [0.2, 0.25) is 0 Å². The van der Waals surface area contributed by atoms with Crippen LogP contribution in [0.4, 0.5) is 0 Å². The first-order chi connectivity index (χ1) is 15.7. The number of rotatable bonds is 6. The molecule has 0 amide bonds. The molecule has 0 aliphatic carbocycles. The first-order valence-corrected chi connectivity index (χ1v) is 11.4. The Balaban J connectivity index is 0.00000306. The van der Waals surface area contributed by atoms with Gasteiger partial charge in [0.1, 0.15) is 12.2 Å². The molecule has 1 aromatic heterocycles. The number of guanidine groups is 1. The van der Waals surface area contributed by atoms with Gasteiger partial charge >= 0.3 is 5.97 Å². The number of likely N-dealkylation sites (tertiary alicyclic amines) is 2. The van der Waals surface area contributed by atoms with E-state index in [4.69, 9.17) is 0 Å². The second-order valence-electron chi connectivity index (χ2n) is 8.54. The summed E-state index contributed by atoms with van der Waals surface area (Å²) < 4.78 is 6.16. The highest BCUT2D eigenvalue weighted by molar-refractivity contribution is 14.0. The summed E-state index contributed by atoms with van der Waals surface area (Å²) in [5, 5.41) is 11.5. The van der Waals surface area contributed by atoms with Crippen molar-refractivity contribution in [3.63, 3.8) is 0 Å². The largest absolute Gasteiger partial charge is 0.468 e. The van der Waals surface area contributed by atoms with Crippen LogP contribution in [-0.2, 0) is 29.2 Å². The topological polar surface area (TPSA) is 87.9 Å². The molecule has 0 spiro atoms. The predicted octanol–water partition coefficient (Wildman–Crippen LogP) is 2.13. The number of ether oxygens (including phenoxy) is 1. The third kappa shape index (κ3) is 6.66. The van der Waals surface area contributed by atoms with Crippen molar-refractivity contribution in [3.05, 3.63) is 47.8 Å². The van der Waals surface area contributed by atoms with E-state index >= 15 is 0 Å². The Morgan fingerprint density at radius 1 is 1.24 bits per heavy atom. The van der Waals surface area contributed by atoms with Gasteiger partial charge in [0.15, 0.2) is 5.96 Å². The molecule has 0 saturated carbocycles. The van der Waals surface area contributed by atoms with Crippen LogP contribution in [-0.4, -0.2) is 76.6 Å². The number of nitrogens with one attached hydrogen (secondary N) is 1. The van der Waals surface area contributed by atoms with Crippen molar-refractivity contribution in [3.8, 4) is 0 Å². The molecule has 4 rings (SSSR count). The average molecular weight is 567 g/mol. The van der Waals surface area contributed by atoms with Gasteiger partial charge < -0.3 is 15.0 Å². The van der Waals surface area contributed by atoms with E-state index in [9.17, 15) is 4.79 Å². The molecule has 2 aromatic rings. The molecular formula is C23H34IN7O2. The van der Waals surface area contributed by atoms with Crippen LogP contribution in [0.25, 0.3) is 0 Å². The van der Waals surface area contributed by atoms with Crippen LogP contribution in [0, 0.1) is 5.92 Å². The quantitative estimate of drug-likeness (QED) is 0.248. The molecule has 2 atom stereocenters. The molecule has 2 saturated heterocycles. The smallest absolute Gasteiger partial charge is 0.327 e. The first-order valence-electron chi connectivity index (χ1n) is 11.4. The molecule has 0 radical (unpaired) electrons. The number of benzene rings is 1. The van der Waals surface area contributed by atoms with Gasteiger partial charge in [-0.2, -0.15) is 0 Å². The number of carbonyl (C=O) groups excluding carboxylic acids is 1. The van der Waals surface area contributed by atoms with E-state index in [-0.39, 0.29) is 36.5 Å². The molecule has 0 bridgehead atoms. The van der Waals surface area contributed by atoms with Crippen molar-refractivity contribution in [1.82, 2.24) is 30.1 Å². The van der Waals surface area contributed by atoms with E-state index in [0.717, 1.165) is 37.7 Å². The SMILES string of the molecule is CN=C(NCc1cn(CC(=O)OC)nn1)N1CCC2C(CCCN2Cc2ccccc2)C1.I. The fraction of sp³-hybridized carbons (Fsp3) is 0.565. The van der Waals surface area contributed by atoms with Crippen molar-refractivity contribution in [2.24, 2.45) is 10.9 Å². The summed E-state index contributed by atoms with van der Waals surface area (Å²) >= 11 is 0. The van der Waals surface area contributed by atoms with Gasteiger partial charge in [0.2, 0.25) is 0 Å². The lowest BCUT2D eigenvalue weighted by Gasteiger charge is -2.48. The number of nitrogens with zero attached hydrogens (tertiary/aromatic N) is 6. The Hall–Kier alpha value is -2.21. The van der Waals surface area contributed by atoms with Gasteiger partial charge in [0.25, 0.3) is 0 Å². The highest BCUT2D eigenvalue weighted by Gasteiger charge is 2.36. The maximum atomic E-state index is 11.4. The molecule has 2 unspecified atom stereocenters. The fourth-order valence-electron chi connectivity index (χ4n) is 4.91. The normalized spacial score (nSPS) is 21.2. The van der Waals surface area contributed by atoms with E-state index < -0.39 is 0 Å². The summed E-state index contributed by atoms with van der Waals surface area (Å²) in [7, 11) is 3.19. The Morgan fingerprint density at radius 3 is 2.82 bits per heavy atom. The van der Waals surface area contributed by atoms with Crippen LogP contribution >= 0.6 is 24.0 Å². The van der Waals surface area contributed by atoms with Gasteiger partial charge in [-0.15, -0.1) is 29.1 Å². The maximum Gasteiger partial charge on any atom is 0.327 e. The van der Waals surface area contributed by atoms with Gasteiger partial charge in [0, 0.05) is 32.7 Å². The predicted molar refractivity (Wildman–Crippen MR) is 137 cm³/mol. The van der Waals surface area contributed by atoms with Gasteiger partial charge in [-0.25, -0.2) is 4.68 Å². The second-order valence-corrected chi connectivity index (χ2v) is 8.54. The number of fused-ring (bicyclic) bond motifs is 1. The zero-order valence-electron chi connectivity index (χ0n) is 19.4. The molecule has 33 heavy (non-hydrogen) atoms. The Bertz CT molecular complexity index is 921. The number of piperidine rings is 2. The molecule has 10 heteroatoms. The second kappa shape index (κ2) is 12.3. The van der Waals surface area contributed by atoms with Gasteiger partial charge in [-0.1, -0.05) is 35.5 Å². The fourth-order valence-corrected chi connectivity index (χ4v) is 4.91. The lowest BCUT2D eigenvalue weighted by atomic mass is 9.83. The highest BCUT2D eigenvalue weighted by Crippen LogP contribution is 2.31. The van der Waals surface area contributed by atoms with Crippen LogP contribution in [0.1, 0.15) is 30.5 Å². The van der Waals surface area contributed by atoms with Gasteiger partial charge in [-0.05, 0) is 37.3 Å². The molecule has 1 N–H and O–H groups in total. The average Bonchev–Trinajstić information content (AvgIpc) is 3.27. The molecule has 180 valence electrons. The van der Waals surface area contributed by atoms with Crippen molar-refractivity contribution in [1.29, 1.82) is 0 Å². The maximum absolute atomic E-state index is 11.4. The number of aliphatic imine (C=N–C) groups is 1. The first kappa shape index (κ1) is 25.4. The van der Waals surface area contributed by atoms with E-state index in [1.54, 1.807) is 6.20 Å². The number of aromatic nitrogens is 3. The van der Waals surface area contributed by atoms with Crippen LogP contribution in [0.15, 0.2) is 41.5 Å². The van der Waals surface area contributed by atoms with E-state index in [1.165, 1.54) is 36.7 Å². The number of halogens is 1. The zero-order chi connectivity index (χ0) is 22.3. The van der Waals surface area contributed by atoms with Crippen LogP contribution < -0.4 is 5.32 Å². The van der Waals surface area contributed by atoms with Crippen molar-refractivity contribution in [2.75, 3.05) is 33.8 Å². The van der Waals surface area contributed by atoms with E-state index in [1.807, 2.05) is 7.05 Å². The molecule has 9 nitrogen and oxygen atoms in total. The van der Waals surface area contributed by atoms with Crippen molar-refractivity contribution < 1.29 is 9.53 Å².